The number of benzene rings is 2. The molecule has 2 aromatic rings. The summed E-state index contributed by atoms with van der Waals surface area (Å²) in [5, 5.41) is 20.0. The minimum absolute atomic E-state index is 0.230. The zero-order chi connectivity index (χ0) is 14.0. The molecule has 0 radical (unpaired) electrons. The second-order valence-corrected chi connectivity index (χ2v) is 5.70. The Morgan fingerprint density at radius 1 is 0.947 bits per heavy atom. The van der Waals surface area contributed by atoms with Crippen LogP contribution in [0.1, 0.15) is 30.5 Å². The number of hydrogen-bond acceptors (Lipinski definition) is 2. The molecule has 2 rings (SSSR count). The van der Waals surface area contributed by atoms with Crippen LogP contribution in [-0.2, 0) is 11.8 Å². The number of phenols is 2. The molecule has 2 aromatic carbocycles. The SMILES string of the molecule is Cc1cc(O)c(C(C)(C)Cc2ccccc2)cc1O. The molecule has 0 unspecified atom stereocenters. The van der Waals surface area contributed by atoms with E-state index in [0.29, 0.717) is 5.56 Å². The van der Waals surface area contributed by atoms with Crippen LogP contribution in [0, 0.1) is 6.92 Å². The molecule has 0 amide bonds. The molecule has 0 aliphatic rings. The third kappa shape index (κ3) is 2.90. The topological polar surface area (TPSA) is 40.5 Å². The van der Waals surface area contributed by atoms with E-state index in [9.17, 15) is 10.2 Å². The summed E-state index contributed by atoms with van der Waals surface area (Å²) in [6, 6.07) is 13.5. The van der Waals surface area contributed by atoms with Gasteiger partial charge in [-0.15, -0.1) is 0 Å². The number of aryl methyl sites for hydroxylation is 1. The lowest BCUT2D eigenvalue weighted by Crippen LogP contribution is -2.20. The number of aromatic hydroxyl groups is 2. The van der Waals surface area contributed by atoms with Crippen molar-refractivity contribution in [1.29, 1.82) is 0 Å². The van der Waals surface area contributed by atoms with Gasteiger partial charge in [-0.1, -0.05) is 44.2 Å². The summed E-state index contributed by atoms with van der Waals surface area (Å²) in [7, 11) is 0. The molecule has 0 bridgehead atoms. The largest absolute Gasteiger partial charge is 0.508 e. The van der Waals surface area contributed by atoms with Crippen LogP contribution < -0.4 is 0 Å². The van der Waals surface area contributed by atoms with Crippen LogP contribution in [0.2, 0.25) is 0 Å². The molecule has 2 nitrogen and oxygen atoms in total. The molecule has 2 N–H and O–H groups in total. The molecule has 0 aliphatic heterocycles. The molecule has 0 aromatic heterocycles. The van der Waals surface area contributed by atoms with Crippen LogP contribution >= 0.6 is 0 Å². The zero-order valence-electron chi connectivity index (χ0n) is 11.6. The van der Waals surface area contributed by atoms with Crippen LogP contribution in [0.15, 0.2) is 42.5 Å². The van der Waals surface area contributed by atoms with Gasteiger partial charge in [0.15, 0.2) is 0 Å². The Balaban J connectivity index is 2.37. The Hall–Kier alpha value is -1.96. The zero-order valence-corrected chi connectivity index (χ0v) is 11.6. The van der Waals surface area contributed by atoms with Crippen molar-refractivity contribution >= 4 is 0 Å². The maximum Gasteiger partial charge on any atom is 0.119 e. The van der Waals surface area contributed by atoms with E-state index in [1.54, 1.807) is 19.1 Å². The fourth-order valence-corrected chi connectivity index (χ4v) is 2.42. The lowest BCUT2D eigenvalue weighted by molar-refractivity contribution is 0.422. The summed E-state index contributed by atoms with van der Waals surface area (Å²) < 4.78 is 0. The van der Waals surface area contributed by atoms with Crippen molar-refractivity contribution in [2.75, 3.05) is 0 Å². The van der Waals surface area contributed by atoms with Gasteiger partial charge in [-0.3, -0.25) is 0 Å². The highest BCUT2D eigenvalue weighted by atomic mass is 16.3. The van der Waals surface area contributed by atoms with E-state index in [-0.39, 0.29) is 16.9 Å². The molecule has 0 heterocycles. The third-order valence-electron chi connectivity index (χ3n) is 3.53. The van der Waals surface area contributed by atoms with E-state index >= 15 is 0 Å². The van der Waals surface area contributed by atoms with Gasteiger partial charge < -0.3 is 10.2 Å². The first-order chi connectivity index (χ1) is 8.90. The Kier molecular flexibility index (Phi) is 3.52. The van der Waals surface area contributed by atoms with Crippen molar-refractivity contribution in [3.05, 3.63) is 59.2 Å². The number of phenolic OH excluding ortho intramolecular Hbond substituents is 2. The first kappa shape index (κ1) is 13.5. The normalized spacial score (nSPS) is 11.5. The number of rotatable bonds is 3. The van der Waals surface area contributed by atoms with Gasteiger partial charge in [0.2, 0.25) is 0 Å². The summed E-state index contributed by atoms with van der Waals surface area (Å²) in [6.45, 7) is 5.93. The van der Waals surface area contributed by atoms with Crippen molar-refractivity contribution in [1.82, 2.24) is 0 Å². The maximum atomic E-state index is 10.1. The van der Waals surface area contributed by atoms with Crippen molar-refractivity contribution in [2.24, 2.45) is 0 Å². The number of hydrogen-bond donors (Lipinski definition) is 2. The van der Waals surface area contributed by atoms with Gasteiger partial charge in [-0.05, 0) is 42.0 Å². The smallest absolute Gasteiger partial charge is 0.119 e. The molecule has 100 valence electrons. The highest BCUT2D eigenvalue weighted by Gasteiger charge is 2.25. The molecule has 0 fully saturated rings. The summed E-state index contributed by atoms with van der Waals surface area (Å²) in [5.41, 5.74) is 2.44. The fourth-order valence-electron chi connectivity index (χ4n) is 2.42. The minimum Gasteiger partial charge on any atom is -0.508 e. The van der Waals surface area contributed by atoms with Crippen molar-refractivity contribution in [3.63, 3.8) is 0 Å². The lowest BCUT2D eigenvalue weighted by Gasteiger charge is -2.27. The molecule has 19 heavy (non-hydrogen) atoms. The van der Waals surface area contributed by atoms with Crippen LogP contribution in [0.3, 0.4) is 0 Å². The van der Waals surface area contributed by atoms with Crippen LogP contribution in [0.4, 0.5) is 0 Å². The lowest BCUT2D eigenvalue weighted by atomic mass is 9.78. The van der Waals surface area contributed by atoms with Gasteiger partial charge in [-0.2, -0.15) is 0 Å². The molecule has 0 aliphatic carbocycles. The molecule has 0 atom stereocenters. The average Bonchev–Trinajstić information content (AvgIpc) is 2.34. The van der Waals surface area contributed by atoms with Gasteiger partial charge >= 0.3 is 0 Å². The van der Waals surface area contributed by atoms with Crippen LogP contribution in [-0.4, -0.2) is 10.2 Å². The highest BCUT2D eigenvalue weighted by Crippen LogP contribution is 2.37. The summed E-state index contributed by atoms with van der Waals surface area (Å²) in [6.07, 6.45) is 0.809. The molecule has 2 heteroatoms. The summed E-state index contributed by atoms with van der Waals surface area (Å²) in [4.78, 5) is 0. The second-order valence-electron chi connectivity index (χ2n) is 5.70. The van der Waals surface area contributed by atoms with E-state index in [1.807, 2.05) is 18.2 Å². The molecule has 0 spiro atoms. The maximum absolute atomic E-state index is 10.1. The standard InChI is InChI=1S/C17H20O2/c1-12-9-16(19)14(10-15(12)18)17(2,3)11-13-7-5-4-6-8-13/h4-10,18-19H,11H2,1-3H3. The molecule has 0 saturated carbocycles. The highest BCUT2D eigenvalue weighted by molar-refractivity contribution is 5.48. The Morgan fingerprint density at radius 3 is 2.21 bits per heavy atom. The quantitative estimate of drug-likeness (QED) is 0.817. The van der Waals surface area contributed by atoms with E-state index in [1.165, 1.54) is 5.56 Å². The predicted molar refractivity (Wildman–Crippen MR) is 77.7 cm³/mol. The van der Waals surface area contributed by atoms with Gasteiger partial charge in [0.1, 0.15) is 11.5 Å². The van der Waals surface area contributed by atoms with Gasteiger partial charge in [0.05, 0.1) is 0 Å². The Labute approximate surface area is 114 Å². The Morgan fingerprint density at radius 2 is 1.58 bits per heavy atom. The van der Waals surface area contributed by atoms with Crippen LogP contribution in [0.5, 0.6) is 11.5 Å². The average molecular weight is 256 g/mol. The van der Waals surface area contributed by atoms with E-state index in [4.69, 9.17) is 0 Å². The Bertz CT molecular complexity index is 571. The van der Waals surface area contributed by atoms with Gasteiger partial charge in [0, 0.05) is 5.56 Å². The summed E-state index contributed by atoms with van der Waals surface area (Å²) >= 11 is 0. The van der Waals surface area contributed by atoms with Gasteiger partial charge in [0.25, 0.3) is 0 Å². The second kappa shape index (κ2) is 4.96. The van der Waals surface area contributed by atoms with Gasteiger partial charge in [-0.25, -0.2) is 0 Å². The molecular formula is C17H20O2. The van der Waals surface area contributed by atoms with E-state index < -0.39 is 0 Å². The first-order valence-corrected chi connectivity index (χ1v) is 6.47. The first-order valence-electron chi connectivity index (χ1n) is 6.47. The molecular weight excluding hydrogens is 236 g/mol. The van der Waals surface area contributed by atoms with Crippen molar-refractivity contribution < 1.29 is 10.2 Å². The third-order valence-corrected chi connectivity index (χ3v) is 3.53. The molecule has 0 saturated heterocycles. The van der Waals surface area contributed by atoms with E-state index in [2.05, 4.69) is 26.0 Å². The fraction of sp³-hybridized carbons (Fsp3) is 0.294. The van der Waals surface area contributed by atoms with Crippen LogP contribution in [0.25, 0.3) is 0 Å². The minimum atomic E-state index is -0.239. The monoisotopic (exact) mass is 256 g/mol. The predicted octanol–water partition coefficient (Wildman–Crippen LogP) is 3.93. The summed E-state index contributed by atoms with van der Waals surface area (Å²) in [5.74, 6) is 0.477. The van der Waals surface area contributed by atoms with Crippen molar-refractivity contribution in [3.8, 4) is 11.5 Å². The van der Waals surface area contributed by atoms with E-state index in [0.717, 1.165) is 12.0 Å². The van der Waals surface area contributed by atoms with Crippen molar-refractivity contribution in [2.45, 2.75) is 32.6 Å².